The van der Waals surface area contributed by atoms with E-state index in [9.17, 15) is 9.59 Å². The maximum atomic E-state index is 14.1. The molecular formula is C28H23ClN2O4S. The van der Waals surface area contributed by atoms with Gasteiger partial charge in [0.2, 0.25) is 5.72 Å². The zero-order valence-corrected chi connectivity index (χ0v) is 21.0. The molecule has 0 amide bonds. The number of rotatable bonds is 6. The minimum Gasteiger partial charge on any atom is -0.462 e. The number of thiocarbonyl (C=S) groups is 1. The van der Waals surface area contributed by atoms with Gasteiger partial charge in [-0.2, -0.15) is 0 Å². The van der Waals surface area contributed by atoms with Gasteiger partial charge in [0.1, 0.15) is 5.57 Å². The second-order valence-corrected chi connectivity index (χ2v) is 9.36. The van der Waals surface area contributed by atoms with Crippen LogP contribution in [0, 0.1) is 11.8 Å². The number of halogens is 1. The maximum absolute atomic E-state index is 14.1. The topological polar surface area (TPSA) is 81.9 Å². The van der Waals surface area contributed by atoms with Gasteiger partial charge in [-0.3, -0.25) is 9.69 Å². The number of esters is 1. The van der Waals surface area contributed by atoms with Gasteiger partial charge in [-0.05, 0) is 31.2 Å². The van der Waals surface area contributed by atoms with Gasteiger partial charge in [0, 0.05) is 21.8 Å². The van der Waals surface area contributed by atoms with Gasteiger partial charge in [-0.25, -0.2) is 4.79 Å². The van der Waals surface area contributed by atoms with Crippen molar-refractivity contribution in [3.8, 4) is 0 Å². The average molecular weight is 519 g/mol. The average Bonchev–Trinajstić information content (AvgIpc) is 3.31. The standard InChI is InChI=1S/C28H23ClN2O4S/c1-2-34-27(33)22-23-21(24(32)17-10-9-13-19(29)16-17)26(36)31(20-14-7-4-8-15-20)28(23,35-25(22)30)18-11-5-3-6-12-18/h3-16,21,23H,2,30H2,1H3/t21-,23-,28+/m1/s1. The molecule has 8 heteroatoms. The Balaban J connectivity index is 1.78. The maximum Gasteiger partial charge on any atom is 0.339 e. The molecule has 182 valence electrons. The summed E-state index contributed by atoms with van der Waals surface area (Å²) >= 11 is 12.2. The lowest BCUT2D eigenvalue weighted by Gasteiger charge is -2.39. The van der Waals surface area contributed by atoms with Crippen molar-refractivity contribution in [2.24, 2.45) is 17.6 Å². The van der Waals surface area contributed by atoms with Crippen LogP contribution in [0.15, 0.2) is 96.4 Å². The summed E-state index contributed by atoms with van der Waals surface area (Å²) < 4.78 is 11.8. The first-order chi connectivity index (χ1) is 17.4. The van der Waals surface area contributed by atoms with Crippen LogP contribution >= 0.6 is 23.8 Å². The van der Waals surface area contributed by atoms with Crippen LogP contribution in [-0.4, -0.2) is 23.3 Å². The molecule has 2 aliphatic rings. The Morgan fingerprint density at radius 2 is 1.72 bits per heavy atom. The smallest absolute Gasteiger partial charge is 0.339 e. The van der Waals surface area contributed by atoms with Gasteiger partial charge in [-0.1, -0.05) is 84.5 Å². The number of nitrogens with two attached hydrogens (primary N) is 1. The third kappa shape index (κ3) is 3.67. The summed E-state index contributed by atoms with van der Waals surface area (Å²) in [5.41, 5.74) is 6.90. The largest absolute Gasteiger partial charge is 0.462 e. The van der Waals surface area contributed by atoms with Crippen molar-refractivity contribution in [1.82, 2.24) is 0 Å². The lowest BCUT2D eigenvalue weighted by molar-refractivity contribution is -0.139. The van der Waals surface area contributed by atoms with Crippen molar-refractivity contribution in [3.63, 3.8) is 0 Å². The number of carbonyl (C=O) groups excluding carboxylic acids is 2. The first kappa shape index (κ1) is 24.0. The van der Waals surface area contributed by atoms with Crippen LogP contribution in [0.4, 0.5) is 5.69 Å². The summed E-state index contributed by atoms with van der Waals surface area (Å²) in [5.74, 6) is -2.82. The molecular weight excluding hydrogens is 496 g/mol. The fraction of sp³-hybridized carbons (Fsp3) is 0.179. The fourth-order valence-corrected chi connectivity index (χ4v) is 5.79. The number of ether oxygens (including phenoxy) is 2. The SMILES string of the molecule is CCOC(=O)C1=C(N)O[C@@]2(c3ccccc3)[C@@H]1[C@H](C(=O)c1cccc(Cl)c1)C(=S)N2c1ccccc1. The first-order valence-electron chi connectivity index (χ1n) is 11.5. The number of hydrogen-bond donors (Lipinski definition) is 1. The Kier molecular flexibility index (Phi) is 6.28. The van der Waals surface area contributed by atoms with Crippen LogP contribution in [0.1, 0.15) is 22.8 Å². The number of hydrogen-bond acceptors (Lipinski definition) is 6. The van der Waals surface area contributed by atoms with Crippen molar-refractivity contribution >= 4 is 46.2 Å². The van der Waals surface area contributed by atoms with E-state index in [1.807, 2.05) is 60.7 Å². The summed E-state index contributed by atoms with van der Waals surface area (Å²) in [6, 6.07) is 25.4. The molecule has 0 aromatic heterocycles. The monoisotopic (exact) mass is 518 g/mol. The molecule has 0 aliphatic carbocycles. The minimum absolute atomic E-state index is 0.0883. The summed E-state index contributed by atoms with van der Waals surface area (Å²) in [4.78, 5) is 29.5. The summed E-state index contributed by atoms with van der Waals surface area (Å²) in [6.45, 7) is 1.85. The van der Waals surface area contributed by atoms with Gasteiger partial charge in [0.25, 0.3) is 0 Å². The van der Waals surface area contributed by atoms with E-state index in [0.29, 0.717) is 26.8 Å². The van der Waals surface area contributed by atoms with E-state index >= 15 is 0 Å². The molecule has 3 aromatic carbocycles. The Labute approximate surface area is 219 Å². The summed E-state index contributed by atoms with van der Waals surface area (Å²) in [5, 5.41) is 0.419. The van der Waals surface area contributed by atoms with E-state index < -0.39 is 23.5 Å². The van der Waals surface area contributed by atoms with Crippen molar-refractivity contribution in [1.29, 1.82) is 0 Å². The molecule has 5 rings (SSSR count). The molecule has 36 heavy (non-hydrogen) atoms. The number of benzene rings is 3. The molecule has 2 aliphatic heterocycles. The van der Waals surface area contributed by atoms with E-state index in [1.165, 1.54) is 0 Å². The van der Waals surface area contributed by atoms with Gasteiger partial charge in [-0.15, -0.1) is 0 Å². The quantitative estimate of drug-likeness (QED) is 0.272. The third-order valence-electron chi connectivity index (χ3n) is 6.50. The Morgan fingerprint density at radius 3 is 2.36 bits per heavy atom. The highest BCUT2D eigenvalue weighted by Gasteiger charge is 2.68. The second kappa shape index (κ2) is 9.41. The van der Waals surface area contributed by atoms with Crippen molar-refractivity contribution < 1.29 is 19.1 Å². The number of anilines is 1. The second-order valence-electron chi connectivity index (χ2n) is 8.50. The van der Waals surface area contributed by atoms with Crippen LogP contribution in [0.2, 0.25) is 5.02 Å². The molecule has 0 saturated carbocycles. The van der Waals surface area contributed by atoms with Gasteiger partial charge in [0.15, 0.2) is 11.7 Å². The molecule has 0 unspecified atom stereocenters. The van der Waals surface area contributed by atoms with Crippen LogP contribution < -0.4 is 10.6 Å². The molecule has 3 aromatic rings. The Bertz CT molecular complexity index is 1380. The Hall–Kier alpha value is -3.68. The van der Waals surface area contributed by atoms with E-state index in [-0.39, 0.29) is 23.8 Å². The van der Waals surface area contributed by atoms with Crippen LogP contribution in [-0.2, 0) is 20.0 Å². The predicted molar refractivity (Wildman–Crippen MR) is 141 cm³/mol. The zero-order valence-electron chi connectivity index (χ0n) is 19.4. The van der Waals surface area contributed by atoms with Gasteiger partial charge in [0.05, 0.1) is 23.4 Å². The number of fused-ring (bicyclic) bond motifs is 1. The van der Waals surface area contributed by atoms with E-state index in [2.05, 4.69) is 0 Å². The zero-order chi connectivity index (χ0) is 25.4. The molecule has 2 N–H and O–H groups in total. The lowest BCUT2D eigenvalue weighted by Crippen LogP contribution is -2.47. The van der Waals surface area contributed by atoms with E-state index in [1.54, 1.807) is 36.1 Å². The van der Waals surface area contributed by atoms with Gasteiger partial charge < -0.3 is 15.2 Å². The third-order valence-corrected chi connectivity index (χ3v) is 7.18. The van der Waals surface area contributed by atoms with Crippen molar-refractivity contribution in [3.05, 3.63) is 113 Å². The number of para-hydroxylation sites is 1. The first-order valence-corrected chi connectivity index (χ1v) is 12.3. The molecule has 0 radical (unpaired) electrons. The molecule has 2 heterocycles. The number of ketones is 1. The van der Waals surface area contributed by atoms with Crippen molar-refractivity contribution in [2.75, 3.05) is 11.5 Å². The normalized spacial score (nSPS) is 22.8. The molecule has 0 spiro atoms. The Morgan fingerprint density at radius 1 is 1.06 bits per heavy atom. The molecule has 1 fully saturated rings. The molecule has 3 atom stereocenters. The van der Waals surface area contributed by atoms with E-state index in [4.69, 9.17) is 39.0 Å². The predicted octanol–water partition coefficient (Wildman–Crippen LogP) is 5.22. The summed E-state index contributed by atoms with van der Waals surface area (Å²) in [6.07, 6.45) is 0. The number of carbonyl (C=O) groups is 2. The summed E-state index contributed by atoms with van der Waals surface area (Å²) in [7, 11) is 0. The molecule has 6 nitrogen and oxygen atoms in total. The molecule has 1 saturated heterocycles. The highest BCUT2D eigenvalue weighted by Crippen LogP contribution is 2.58. The highest BCUT2D eigenvalue weighted by molar-refractivity contribution is 7.80. The van der Waals surface area contributed by atoms with Crippen LogP contribution in [0.3, 0.4) is 0 Å². The molecule has 0 bridgehead atoms. The lowest BCUT2D eigenvalue weighted by atomic mass is 9.77. The highest BCUT2D eigenvalue weighted by atomic mass is 35.5. The number of nitrogens with zero attached hydrogens (tertiary/aromatic N) is 1. The van der Waals surface area contributed by atoms with Crippen LogP contribution in [0.5, 0.6) is 0 Å². The van der Waals surface area contributed by atoms with E-state index in [0.717, 1.165) is 0 Å². The van der Waals surface area contributed by atoms with Gasteiger partial charge >= 0.3 is 5.97 Å². The van der Waals surface area contributed by atoms with Crippen LogP contribution in [0.25, 0.3) is 0 Å². The fourth-order valence-electron chi connectivity index (χ4n) is 5.12. The number of Topliss-reactive ketones (excluding diaryl/α,β-unsaturated/α-hetero) is 1. The van der Waals surface area contributed by atoms with Crippen molar-refractivity contribution in [2.45, 2.75) is 12.6 Å². The minimum atomic E-state index is -1.37.